The van der Waals surface area contributed by atoms with E-state index >= 15 is 0 Å². The maximum Gasteiger partial charge on any atom is 0.125 e. The van der Waals surface area contributed by atoms with E-state index in [4.69, 9.17) is 0 Å². The number of phenols is 1. The Kier molecular flexibility index (Phi) is 3.96. The molecule has 0 saturated carbocycles. The lowest BCUT2D eigenvalue weighted by Gasteiger charge is -2.29. The standard InChI is InChI=1S/C20H24N4O/c1-12-7-13(2)19(18(25)8-12)16-9-17-20(23-22-16)15(10-21-17)14-5-4-6-24(3)11-14/h7-10,14,21,25H,4-6,11H2,1-3H3. The number of benzene rings is 1. The second-order valence-corrected chi connectivity index (χ2v) is 7.31. The molecule has 0 spiro atoms. The molecule has 1 unspecified atom stereocenters. The molecule has 1 aliphatic rings. The molecule has 0 amide bonds. The quantitative estimate of drug-likeness (QED) is 0.748. The number of phenolic OH excluding ortho intramolecular Hbond substituents is 1. The van der Waals surface area contributed by atoms with Crippen LogP contribution in [0.25, 0.3) is 22.3 Å². The Bertz CT molecular complexity index is 908. The number of nitrogens with zero attached hydrogens (tertiary/aromatic N) is 3. The molecule has 25 heavy (non-hydrogen) atoms. The van der Waals surface area contributed by atoms with Crippen molar-refractivity contribution in [3.05, 3.63) is 41.1 Å². The summed E-state index contributed by atoms with van der Waals surface area (Å²) in [5.74, 6) is 0.758. The van der Waals surface area contributed by atoms with E-state index in [2.05, 4.69) is 39.4 Å². The van der Waals surface area contributed by atoms with Crippen molar-refractivity contribution in [2.45, 2.75) is 32.6 Å². The topological polar surface area (TPSA) is 65.0 Å². The second kappa shape index (κ2) is 6.15. The van der Waals surface area contributed by atoms with Gasteiger partial charge in [-0.1, -0.05) is 6.07 Å². The number of aromatic hydroxyl groups is 1. The van der Waals surface area contributed by atoms with Gasteiger partial charge in [0.2, 0.25) is 0 Å². The highest BCUT2D eigenvalue weighted by molar-refractivity contribution is 5.84. The van der Waals surface area contributed by atoms with Gasteiger partial charge < -0.3 is 15.0 Å². The molecule has 4 rings (SSSR count). The van der Waals surface area contributed by atoms with Crippen LogP contribution in [0.3, 0.4) is 0 Å². The molecular formula is C20H24N4O. The van der Waals surface area contributed by atoms with Crippen molar-refractivity contribution >= 4 is 11.0 Å². The van der Waals surface area contributed by atoms with Gasteiger partial charge in [-0.15, -0.1) is 10.2 Å². The third kappa shape index (κ3) is 2.89. The summed E-state index contributed by atoms with van der Waals surface area (Å²) in [6, 6.07) is 5.82. The van der Waals surface area contributed by atoms with Gasteiger partial charge in [-0.25, -0.2) is 0 Å². The van der Waals surface area contributed by atoms with Crippen molar-refractivity contribution in [3.8, 4) is 17.0 Å². The summed E-state index contributed by atoms with van der Waals surface area (Å²) in [7, 11) is 2.17. The lowest BCUT2D eigenvalue weighted by Crippen LogP contribution is -2.30. The van der Waals surface area contributed by atoms with Gasteiger partial charge in [-0.05, 0) is 63.5 Å². The summed E-state index contributed by atoms with van der Waals surface area (Å²) in [5, 5.41) is 19.3. The van der Waals surface area contributed by atoms with Gasteiger partial charge in [0.25, 0.3) is 0 Å². The van der Waals surface area contributed by atoms with Gasteiger partial charge in [0.05, 0.1) is 11.2 Å². The Morgan fingerprint density at radius 2 is 2.04 bits per heavy atom. The molecule has 2 N–H and O–H groups in total. The van der Waals surface area contributed by atoms with Crippen LogP contribution in [0.4, 0.5) is 0 Å². The third-order valence-corrected chi connectivity index (χ3v) is 5.23. The molecule has 5 heteroatoms. The zero-order chi connectivity index (χ0) is 17.6. The Balaban J connectivity index is 1.76. The fourth-order valence-electron chi connectivity index (χ4n) is 4.07. The Morgan fingerprint density at radius 1 is 1.20 bits per heavy atom. The van der Waals surface area contributed by atoms with Gasteiger partial charge in [0.1, 0.15) is 11.3 Å². The zero-order valence-corrected chi connectivity index (χ0v) is 15.0. The fraction of sp³-hybridized carbons (Fsp3) is 0.400. The summed E-state index contributed by atoms with van der Waals surface area (Å²) in [6.07, 6.45) is 4.49. The smallest absolute Gasteiger partial charge is 0.125 e. The number of nitrogens with one attached hydrogen (secondary N) is 1. The number of piperidine rings is 1. The molecule has 2 aromatic heterocycles. The maximum atomic E-state index is 10.4. The first-order chi connectivity index (χ1) is 12.0. The van der Waals surface area contributed by atoms with Crippen LogP contribution in [0, 0.1) is 13.8 Å². The average molecular weight is 336 g/mol. The molecule has 3 aromatic rings. The minimum Gasteiger partial charge on any atom is -0.507 e. The van der Waals surface area contributed by atoms with Crippen molar-refractivity contribution in [2.24, 2.45) is 0 Å². The Morgan fingerprint density at radius 3 is 2.80 bits per heavy atom. The summed E-state index contributed by atoms with van der Waals surface area (Å²) in [5.41, 5.74) is 6.69. The molecule has 0 radical (unpaired) electrons. The van der Waals surface area contributed by atoms with E-state index in [0.717, 1.165) is 34.3 Å². The fourth-order valence-corrected chi connectivity index (χ4v) is 4.07. The van der Waals surface area contributed by atoms with Crippen molar-refractivity contribution < 1.29 is 5.11 Å². The van der Waals surface area contributed by atoms with Crippen LogP contribution in [-0.4, -0.2) is 45.3 Å². The van der Waals surface area contributed by atoms with E-state index < -0.39 is 0 Å². The van der Waals surface area contributed by atoms with E-state index in [1.54, 1.807) is 6.07 Å². The van der Waals surface area contributed by atoms with Crippen molar-refractivity contribution in [1.29, 1.82) is 0 Å². The molecule has 3 heterocycles. The highest BCUT2D eigenvalue weighted by Gasteiger charge is 2.23. The lowest BCUT2D eigenvalue weighted by molar-refractivity contribution is 0.251. The molecule has 0 aliphatic carbocycles. The number of aromatic nitrogens is 3. The van der Waals surface area contributed by atoms with Crippen LogP contribution in [0.15, 0.2) is 24.4 Å². The highest BCUT2D eigenvalue weighted by atomic mass is 16.3. The zero-order valence-electron chi connectivity index (χ0n) is 15.0. The monoisotopic (exact) mass is 336 g/mol. The molecule has 1 aromatic carbocycles. The molecule has 1 aliphatic heterocycles. The molecule has 0 bridgehead atoms. The molecular weight excluding hydrogens is 312 g/mol. The van der Waals surface area contributed by atoms with Crippen molar-refractivity contribution in [1.82, 2.24) is 20.1 Å². The SMILES string of the molecule is Cc1cc(C)c(-c2cc3[nH]cc(C4CCCN(C)C4)c3nn2)c(O)c1. The summed E-state index contributed by atoms with van der Waals surface area (Å²) < 4.78 is 0. The van der Waals surface area contributed by atoms with Gasteiger partial charge in [0.15, 0.2) is 0 Å². The first-order valence-electron chi connectivity index (χ1n) is 8.87. The van der Waals surface area contributed by atoms with Gasteiger partial charge >= 0.3 is 0 Å². The van der Waals surface area contributed by atoms with Gasteiger partial charge in [-0.2, -0.15) is 0 Å². The van der Waals surface area contributed by atoms with Crippen molar-refractivity contribution in [2.75, 3.05) is 20.1 Å². The van der Waals surface area contributed by atoms with Gasteiger partial charge in [0, 0.05) is 29.8 Å². The largest absolute Gasteiger partial charge is 0.507 e. The van der Waals surface area contributed by atoms with E-state index in [1.807, 2.05) is 19.9 Å². The van der Waals surface area contributed by atoms with Crippen LogP contribution in [0.2, 0.25) is 0 Å². The lowest BCUT2D eigenvalue weighted by atomic mass is 9.92. The maximum absolute atomic E-state index is 10.4. The first-order valence-corrected chi connectivity index (χ1v) is 8.87. The summed E-state index contributed by atoms with van der Waals surface area (Å²) in [4.78, 5) is 5.74. The number of rotatable bonds is 2. The number of aromatic amines is 1. The number of fused-ring (bicyclic) bond motifs is 1. The number of likely N-dealkylation sites (N-methyl/N-ethyl adjacent to an activating group) is 1. The van der Waals surface area contributed by atoms with Crippen LogP contribution >= 0.6 is 0 Å². The minimum absolute atomic E-state index is 0.256. The Hall–Kier alpha value is -2.40. The van der Waals surface area contributed by atoms with E-state index in [1.165, 1.54) is 24.9 Å². The molecule has 1 fully saturated rings. The number of aryl methyl sites for hydroxylation is 2. The number of hydrogen-bond acceptors (Lipinski definition) is 4. The van der Waals surface area contributed by atoms with E-state index in [9.17, 15) is 5.11 Å². The average Bonchev–Trinajstić information content (AvgIpc) is 2.97. The number of likely N-dealkylation sites (tertiary alicyclic amines) is 1. The van der Waals surface area contributed by atoms with E-state index in [0.29, 0.717) is 11.6 Å². The second-order valence-electron chi connectivity index (χ2n) is 7.31. The first kappa shape index (κ1) is 16.1. The van der Waals surface area contributed by atoms with E-state index in [-0.39, 0.29) is 5.75 Å². The number of hydrogen-bond donors (Lipinski definition) is 2. The summed E-state index contributed by atoms with van der Waals surface area (Å²) >= 11 is 0. The van der Waals surface area contributed by atoms with Crippen LogP contribution in [0.5, 0.6) is 5.75 Å². The number of H-pyrrole nitrogens is 1. The highest BCUT2D eigenvalue weighted by Crippen LogP contribution is 2.35. The van der Waals surface area contributed by atoms with Crippen LogP contribution in [0.1, 0.15) is 35.4 Å². The molecule has 1 atom stereocenters. The normalized spacial score (nSPS) is 18.8. The third-order valence-electron chi connectivity index (χ3n) is 5.23. The summed E-state index contributed by atoms with van der Waals surface area (Å²) in [6.45, 7) is 6.20. The molecule has 130 valence electrons. The predicted molar refractivity (Wildman–Crippen MR) is 99.9 cm³/mol. The minimum atomic E-state index is 0.256. The molecule has 5 nitrogen and oxygen atoms in total. The van der Waals surface area contributed by atoms with Gasteiger partial charge in [-0.3, -0.25) is 0 Å². The van der Waals surface area contributed by atoms with Crippen LogP contribution in [-0.2, 0) is 0 Å². The van der Waals surface area contributed by atoms with Crippen LogP contribution < -0.4 is 0 Å². The Labute approximate surface area is 147 Å². The predicted octanol–water partition coefficient (Wildman–Crippen LogP) is 3.76. The van der Waals surface area contributed by atoms with Crippen molar-refractivity contribution in [3.63, 3.8) is 0 Å². The molecule has 1 saturated heterocycles.